The Morgan fingerprint density at radius 3 is 2.29 bits per heavy atom. The van der Waals surface area contributed by atoms with E-state index in [-0.39, 0.29) is 17.5 Å². The van der Waals surface area contributed by atoms with Crippen molar-refractivity contribution in [3.05, 3.63) is 71.4 Å². The lowest BCUT2D eigenvalue weighted by Gasteiger charge is -2.18. The first-order chi connectivity index (χ1) is 13.3. The van der Waals surface area contributed by atoms with Crippen molar-refractivity contribution in [1.29, 1.82) is 5.26 Å². The number of nitrogen functional groups attached to an aromatic ring is 1. The number of benzene rings is 2. The van der Waals surface area contributed by atoms with Crippen molar-refractivity contribution in [3.63, 3.8) is 0 Å². The topological polar surface area (TPSA) is 99.2 Å². The zero-order valence-corrected chi connectivity index (χ0v) is 16.3. The minimum absolute atomic E-state index is 0.163. The Hall–Kier alpha value is -3.59. The maximum absolute atomic E-state index is 12.6. The number of anilines is 2. The van der Waals surface area contributed by atoms with Crippen LogP contribution < -0.4 is 16.0 Å². The van der Waals surface area contributed by atoms with E-state index in [4.69, 9.17) is 5.73 Å². The third-order valence-corrected chi connectivity index (χ3v) is 4.37. The zero-order chi connectivity index (χ0) is 20.7. The Kier molecular flexibility index (Phi) is 6.94. The van der Waals surface area contributed by atoms with Crippen molar-refractivity contribution in [2.24, 2.45) is 0 Å². The van der Waals surface area contributed by atoms with Gasteiger partial charge in [0, 0.05) is 24.5 Å². The summed E-state index contributed by atoms with van der Waals surface area (Å²) in [6.45, 7) is 5.28. The first kappa shape index (κ1) is 20.7. The highest BCUT2D eigenvalue weighted by atomic mass is 16.2. The molecule has 6 heteroatoms. The fraction of sp³-hybridized carbons (Fsp3) is 0.227. The van der Waals surface area contributed by atoms with Gasteiger partial charge < -0.3 is 11.1 Å². The summed E-state index contributed by atoms with van der Waals surface area (Å²) in [5.41, 5.74) is 8.72. The van der Waals surface area contributed by atoms with Gasteiger partial charge in [0.25, 0.3) is 5.91 Å². The maximum Gasteiger partial charge on any atom is 0.263 e. The van der Waals surface area contributed by atoms with Crippen LogP contribution in [-0.2, 0) is 16.0 Å². The number of hydrogen-bond acceptors (Lipinski definition) is 4. The van der Waals surface area contributed by atoms with Gasteiger partial charge in [-0.2, -0.15) is 5.26 Å². The highest BCUT2D eigenvalue weighted by Crippen LogP contribution is 2.19. The molecule has 0 aliphatic rings. The first-order valence-electron chi connectivity index (χ1n) is 9.02. The second kappa shape index (κ2) is 9.38. The number of amides is 2. The van der Waals surface area contributed by atoms with Crippen LogP contribution in [0.1, 0.15) is 37.9 Å². The molecule has 2 amide bonds. The van der Waals surface area contributed by atoms with Crippen LogP contribution in [0, 0.1) is 11.3 Å². The molecule has 0 aliphatic heterocycles. The number of nitrogens with zero attached hydrogens (tertiary/aromatic N) is 2. The number of nitrogens with one attached hydrogen (secondary N) is 1. The standard InChI is InChI=1S/C22H24N4O2/c1-4-17-5-7-18(8-6-17)15(2)25-22(28)19(13-23)14-26(16(3)27)21-11-9-20(24)10-12-21/h5-12,14-15H,4,24H2,1-3H3,(H,25,28)/b19-14-. The van der Waals surface area contributed by atoms with Gasteiger partial charge in [-0.25, -0.2) is 0 Å². The smallest absolute Gasteiger partial charge is 0.263 e. The molecule has 0 saturated heterocycles. The van der Waals surface area contributed by atoms with E-state index in [0.29, 0.717) is 11.4 Å². The number of aryl methyl sites for hydroxylation is 1. The Bertz CT molecular complexity index is 909. The number of nitriles is 1. The van der Waals surface area contributed by atoms with Crippen LogP contribution in [0.2, 0.25) is 0 Å². The van der Waals surface area contributed by atoms with Gasteiger partial charge in [-0.3, -0.25) is 14.5 Å². The Morgan fingerprint density at radius 2 is 1.79 bits per heavy atom. The normalized spacial score (nSPS) is 12.0. The fourth-order valence-electron chi connectivity index (χ4n) is 2.65. The van der Waals surface area contributed by atoms with E-state index in [9.17, 15) is 14.9 Å². The zero-order valence-electron chi connectivity index (χ0n) is 16.3. The summed E-state index contributed by atoms with van der Waals surface area (Å²) in [5, 5.41) is 12.2. The minimum atomic E-state index is -0.545. The summed E-state index contributed by atoms with van der Waals surface area (Å²) in [5.74, 6) is -0.871. The van der Waals surface area contributed by atoms with E-state index in [1.54, 1.807) is 24.3 Å². The molecule has 144 valence electrons. The highest BCUT2D eigenvalue weighted by Gasteiger charge is 2.17. The number of hydrogen-bond donors (Lipinski definition) is 2. The lowest BCUT2D eigenvalue weighted by atomic mass is 10.0. The van der Waals surface area contributed by atoms with E-state index in [0.717, 1.165) is 12.0 Å². The molecule has 1 atom stereocenters. The predicted octanol–water partition coefficient (Wildman–Crippen LogP) is 3.47. The van der Waals surface area contributed by atoms with Gasteiger partial charge in [0.1, 0.15) is 11.6 Å². The van der Waals surface area contributed by atoms with E-state index < -0.39 is 5.91 Å². The second-order valence-corrected chi connectivity index (χ2v) is 6.43. The molecule has 2 rings (SSSR count). The van der Waals surface area contributed by atoms with Crippen LogP contribution in [0.15, 0.2) is 60.3 Å². The molecular formula is C22H24N4O2. The fourth-order valence-corrected chi connectivity index (χ4v) is 2.65. The largest absolute Gasteiger partial charge is 0.399 e. The van der Waals surface area contributed by atoms with Crippen molar-refractivity contribution in [3.8, 4) is 6.07 Å². The van der Waals surface area contributed by atoms with Crippen molar-refractivity contribution in [2.45, 2.75) is 33.2 Å². The quantitative estimate of drug-likeness (QED) is 0.458. The van der Waals surface area contributed by atoms with Crippen LogP contribution in [0.5, 0.6) is 0 Å². The van der Waals surface area contributed by atoms with Gasteiger partial charge in [0.2, 0.25) is 5.91 Å². The van der Waals surface area contributed by atoms with Gasteiger partial charge in [-0.1, -0.05) is 31.2 Å². The molecular weight excluding hydrogens is 352 g/mol. The molecule has 0 aliphatic carbocycles. The summed E-state index contributed by atoms with van der Waals surface area (Å²) in [6.07, 6.45) is 2.18. The molecule has 0 radical (unpaired) electrons. The third kappa shape index (κ3) is 5.21. The van der Waals surface area contributed by atoms with Gasteiger partial charge in [0.05, 0.1) is 6.04 Å². The molecule has 2 aromatic carbocycles. The molecule has 0 bridgehead atoms. The lowest BCUT2D eigenvalue weighted by Crippen LogP contribution is -2.30. The lowest BCUT2D eigenvalue weighted by molar-refractivity contribution is -0.117. The molecule has 0 spiro atoms. The molecule has 6 nitrogen and oxygen atoms in total. The maximum atomic E-state index is 12.6. The highest BCUT2D eigenvalue weighted by molar-refractivity contribution is 6.01. The Morgan fingerprint density at radius 1 is 1.18 bits per heavy atom. The molecule has 28 heavy (non-hydrogen) atoms. The first-order valence-corrected chi connectivity index (χ1v) is 9.02. The van der Waals surface area contributed by atoms with Crippen molar-refractivity contribution >= 4 is 23.2 Å². The van der Waals surface area contributed by atoms with Crippen molar-refractivity contribution in [2.75, 3.05) is 10.6 Å². The van der Waals surface area contributed by atoms with E-state index in [2.05, 4.69) is 12.2 Å². The van der Waals surface area contributed by atoms with Crippen LogP contribution in [0.3, 0.4) is 0 Å². The third-order valence-electron chi connectivity index (χ3n) is 4.37. The molecule has 0 aromatic heterocycles. The number of carbonyl (C=O) groups is 2. The predicted molar refractivity (Wildman–Crippen MR) is 110 cm³/mol. The van der Waals surface area contributed by atoms with Gasteiger partial charge in [-0.05, 0) is 48.7 Å². The van der Waals surface area contributed by atoms with E-state index in [1.165, 1.54) is 23.6 Å². The van der Waals surface area contributed by atoms with Crippen LogP contribution in [0.25, 0.3) is 0 Å². The molecule has 0 heterocycles. The number of carbonyl (C=O) groups excluding carboxylic acids is 2. The molecule has 0 fully saturated rings. The number of nitrogens with two attached hydrogens (primary N) is 1. The molecule has 1 unspecified atom stereocenters. The summed E-state index contributed by atoms with van der Waals surface area (Å²) in [7, 11) is 0. The average molecular weight is 376 g/mol. The Labute approximate surface area is 165 Å². The average Bonchev–Trinajstić information content (AvgIpc) is 2.69. The molecule has 2 aromatic rings. The Balaban J connectivity index is 2.21. The molecule has 0 saturated carbocycles. The van der Waals surface area contributed by atoms with E-state index in [1.807, 2.05) is 37.3 Å². The van der Waals surface area contributed by atoms with Crippen LogP contribution in [0.4, 0.5) is 11.4 Å². The van der Waals surface area contributed by atoms with E-state index >= 15 is 0 Å². The van der Waals surface area contributed by atoms with Crippen LogP contribution in [-0.4, -0.2) is 11.8 Å². The van der Waals surface area contributed by atoms with Crippen molar-refractivity contribution < 1.29 is 9.59 Å². The van der Waals surface area contributed by atoms with Gasteiger partial charge >= 0.3 is 0 Å². The van der Waals surface area contributed by atoms with Crippen LogP contribution >= 0.6 is 0 Å². The monoisotopic (exact) mass is 376 g/mol. The minimum Gasteiger partial charge on any atom is -0.399 e. The van der Waals surface area contributed by atoms with Gasteiger partial charge in [0.15, 0.2) is 0 Å². The number of rotatable bonds is 6. The summed E-state index contributed by atoms with van der Waals surface area (Å²) < 4.78 is 0. The molecule has 3 N–H and O–H groups in total. The second-order valence-electron chi connectivity index (χ2n) is 6.43. The van der Waals surface area contributed by atoms with Crippen molar-refractivity contribution in [1.82, 2.24) is 5.32 Å². The SMILES string of the molecule is CCc1ccc(C(C)NC(=O)/C(C#N)=C\N(C(C)=O)c2ccc(N)cc2)cc1. The summed E-state index contributed by atoms with van der Waals surface area (Å²) >= 11 is 0. The summed E-state index contributed by atoms with van der Waals surface area (Å²) in [6, 6.07) is 16.1. The summed E-state index contributed by atoms with van der Waals surface area (Å²) in [4.78, 5) is 25.8. The van der Waals surface area contributed by atoms with Gasteiger partial charge in [-0.15, -0.1) is 0 Å².